The summed E-state index contributed by atoms with van der Waals surface area (Å²) in [6, 6.07) is 3.93. The van der Waals surface area contributed by atoms with Gasteiger partial charge in [0.1, 0.15) is 17.5 Å². The average Bonchev–Trinajstić information content (AvgIpc) is 2.57. The van der Waals surface area contributed by atoms with Crippen molar-refractivity contribution in [3.8, 4) is 11.8 Å². The largest absolute Gasteiger partial charge is 0.343 e. The molecule has 142 valence electrons. The molecule has 1 aromatic carbocycles. The van der Waals surface area contributed by atoms with Gasteiger partial charge in [-0.15, -0.1) is 5.92 Å². The molecule has 0 bridgehead atoms. The van der Waals surface area contributed by atoms with Crippen LogP contribution in [0, 0.1) is 31.1 Å². The molecule has 1 aliphatic heterocycles. The molecule has 0 unspecified atom stereocenters. The third-order valence-corrected chi connectivity index (χ3v) is 6.16. The Morgan fingerprint density at radius 3 is 2.04 bits per heavy atom. The molecule has 1 saturated heterocycles. The van der Waals surface area contributed by atoms with E-state index in [9.17, 15) is 14.4 Å². The van der Waals surface area contributed by atoms with E-state index in [0.717, 1.165) is 35.1 Å². The maximum Gasteiger partial charge on any atom is 0.219 e. The fourth-order valence-electron chi connectivity index (χ4n) is 4.80. The standard InChI is InChI=1S/C23H27NO3/c1-5-6-18-11-15(2)21(16(3)12-18)22-19(26)13-23(14-20(22)27)7-9-24(10-8-23)17(4)25/h11-12,22H,7-10,13-14H2,1-4H3. The molecule has 0 atom stereocenters. The van der Waals surface area contributed by atoms with E-state index < -0.39 is 5.92 Å². The van der Waals surface area contributed by atoms with Crippen molar-refractivity contribution in [2.24, 2.45) is 5.41 Å². The quantitative estimate of drug-likeness (QED) is 0.567. The van der Waals surface area contributed by atoms with E-state index >= 15 is 0 Å². The predicted octanol–water partition coefficient (Wildman–Crippen LogP) is 3.32. The van der Waals surface area contributed by atoms with Crippen molar-refractivity contribution >= 4 is 17.5 Å². The van der Waals surface area contributed by atoms with Crippen molar-refractivity contribution in [3.63, 3.8) is 0 Å². The number of benzene rings is 1. The molecular formula is C23H27NO3. The van der Waals surface area contributed by atoms with Gasteiger partial charge in [0.05, 0.1) is 0 Å². The summed E-state index contributed by atoms with van der Waals surface area (Å²) in [5.41, 5.74) is 3.44. The second-order valence-electron chi connectivity index (χ2n) is 8.12. The van der Waals surface area contributed by atoms with Crippen LogP contribution in [0.2, 0.25) is 0 Å². The minimum atomic E-state index is -0.648. The van der Waals surface area contributed by atoms with Crippen molar-refractivity contribution < 1.29 is 14.4 Å². The maximum atomic E-state index is 13.1. The Bertz CT molecular complexity index is 820. The summed E-state index contributed by atoms with van der Waals surface area (Å²) in [5.74, 6) is 5.42. The first-order valence-electron chi connectivity index (χ1n) is 9.61. The van der Waals surface area contributed by atoms with Crippen molar-refractivity contribution in [2.45, 2.75) is 59.3 Å². The highest BCUT2D eigenvalue weighted by molar-refractivity contribution is 6.10. The van der Waals surface area contributed by atoms with E-state index in [1.54, 1.807) is 13.8 Å². The lowest BCUT2D eigenvalue weighted by molar-refractivity contribution is -0.139. The fourth-order valence-corrected chi connectivity index (χ4v) is 4.80. The van der Waals surface area contributed by atoms with E-state index in [-0.39, 0.29) is 22.9 Å². The summed E-state index contributed by atoms with van der Waals surface area (Å²) >= 11 is 0. The number of Topliss-reactive ketones (excluding diaryl/α,β-unsaturated/α-hetero) is 2. The molecule has 2 fully saturated rings. The molecule has 0 N–H and O–H groups in total. The third-order valence-electron chi connectivity index (χ3n) is 6.16. The molecule has 27 heavy (non-hydrogen) atoms. The second-order valence-corrected chi connectivity index (χ2v) is 8.12. The van der Waals surface area contributed by atoms with Gasteiger partial charge >= 0.3 is 0 Å². The van der Waals surface area contributed by atoms with E-state index in [1.807, 2.05) is 30.9 Å². The van der Waals surface area contributed by atoms with E-state index in [1.165, 1.54) is 0 Å². The van der Waals surface area contributed by atoms with Crippen molar-refractivity contribution in [3.05, 3.63) is 34.4 Å². The van der Waals surface area contributed by atoms with Crippen LogP contribution in [0.3, 0.4) is 0 Å². The minimum Gasteiger partial charge on any atom is -0.343 e. The molecule has 3 rings (SSSR count). The third kappa shape index (κ3) is 3.69. The lowest BCUT2D eigenvalue weighted by Gasteiger charge is -2.44. The van der Waals surface area contributed by atoms with Gasteiger partial charge in [-0.25, -0.2) is 0 Å². The van der Waals surface area contributed by atoms with Crippen LogP contribution in [0.5, 0.6) is 0 Å². The molecule has 0 aromatic heterocycles. The normalized spacial score (nSPS) is 19.8. The SMILES string of the molecule is CC#Cc1cc(C)c(C2C(=O)CC3(CCN(C(C)=O)CC3)CC2=O)c(C)c1. The van der Waals surface area contributed by atoms with Gasteiger partial charge in [-0.2, -0.15) is 0 Å². The average molecular weight is 365 g/mol. The zero-order valence-electron chi connectivity index (χ0n) is 16.6. The Morgan fingerprint density at radius 1 is 1.07 bits per heavy atom. The number of rotatable bonds is 1. The van der Waals surface area contributed by atoms with Crippen LogP contribution in [0.4, 0.5) is 0 Å². The molecule has 1 amide bonds. The van der Waals surface area contributed by atoms with E-state index in [4.69, 9.17) is 0 Å². The lowest BCUT2D eigenvalue weighted by atomic mass is 9.62. The highest BCUT2D eigenvalue weighted by atomic mass is 16.2. The maximum absolute atomic E-state index is 13.1. The van der Waals surface area contributed by atoms with Crippen LogP contribution in [-0.4, -0.2) is 35.5 Å². The van der Waals surface area contributed by atoms with Crippen LogP contribution < -0.4 is 0 Å². The first-order chi connectivity index (χ1) is 12.8. The number of hydrogen-bond donors (Lipinski definition) is 0. The van der Waals surface area contributed by atoms with Gasteiger partial charge in [-0.3, -0.25) is 14.4 Å². The summed E-state index contributed by atoms with van der Waals surface area (Å²) in [6.07, 6.45) is 2.34. The number of likely N-dealkylation sites (tertiary alicyclic amines) is 1. The van der Waals surface area contributed by atoms with Crippen molar-refractivity contribution in [1.82, 2.24) is 4.90 Å². The zero-order chi connectivity index (χ0) is 19.8. The number of aryl methyl sites for hydroxylation is 2. The van der Waals surface area contributed by atoms with Crippen molar-refractivity contribution in [1.29, 1.82) is 0 Å². The van der Waals surface area contributed by atoms with Gasteiger partial charge in [0.2, 0.25) is 5.91 Å². The van der Waals surface area contributed by atoms with Gasteiger partial charge < -0.3 is 4.90 Å². The summed E-state index contributed by atoms with van der Waals surface area (Å²) in [5, 5.41) is 0. The first-order valence-corrected chi connectivity index (χ1v) is 9.61. The molecule has 2 aliphatic rings. The molecule has 4 nitrogen and oxygen atoms in total. The zero-order valence-corrected chi connectivity index (χ0v) is 16.6. The Labute approximate surface area is 161 Å². The molecule has 0 radical (unpaired) electrons. The summed E-state index contributed by atoms with van der Waals surface area (Å²) in [7, 11) is 0. The van der Waals surface area contributed by atoms with Crippen molar-refractivity contribution in [2.75, 3.05) is 13.1 Å². The summed E-state index contributed by atoms with van der Waals surface area (Å²) in [6.45, 7) is 8.57. The number of ketones is 2. The lowest BCUT2D eigenvalue weighted by Crippen LogP contribution is -2.48. The van der Waals surface area contributed by atoms with Gasteiger partial charge in [0, 0.05) is 38.4 Å². The summed E-state index contributed by atoms with van der Waals surface area (Å²) in [4.78, 5) is 39.5. The number of nitrogens with zero attached hydrogens (tertiary/aromatic N) is 1. The second kappa shape index (κ2) is 7.31. The van der Waals surface area contributed by atoms with E-state index in [0.29, 0.717) is 25.9 Å². The number of piperidine rings is 1. The number of carbonyl (C=O) groups excluding carboxylic acids is 3. The molecule has 1 heterocycles. The van der Waals surface area contributed by atoms with Crippen LogP contribution in [0.25, 0.3) is 0 Å². The van der Waals surface area contributed by atoms with Crippen LogP contribution in [0.1, 0.15) is 67.7 Å². The summed E-state index contributed by atoms with van der Waals surface area (Å²) < 4.78 is 0. The molecule has 1 saturated carbocycles. The van der Waals surface area contributed by atoms with E-state index in [2.05, 4.69) is 11.8 Å². The first kappa shape index (κ1) is 19.4. The van der Waals surface area contributed by atoms with Gasteiger partial charge in [0.25, 0.3) is 0 Å². The molecular weight excluding hydrogens is 338 g/mol. The smallest absolute Gasteiger partial charge is 0.219 e. The Kier molecular flexibility index (Phi) is 5.24. The predicted molar refractivity (Wildman–Crippen MR) is 104 cm³/mol. The highest BCUT2D eigenvalue weighted by Gasteiger charge is 2.47. The van der Waals surface area contributed by atoms with Crippen LogP contribution in [0.15, 0.2) is 12.1 Å². The van der Waals surface area contributed by atoms with Crippen LogP contribution >= 0.6 is 0 Å². The number of carbonyl (C=O) groups is 3. The Morgan fingerprint density at radius 2 is 1.59 bits per heavy atom. The molecule has 4 heteroatoms. The fraction of sp³-hybridized carbons (Fsp3) is 0.522. The van der Waals surface area contributed by atoms with Gasteiger partial charge in [-0.05, 0) is 67.9 Å². The monoisotopic (exact) mass is 365 g/mol. The minimum absolute atomic E-state index is 0.0306. The topological polar surface area (TPSA) is 54.5 Å². The number of hydrogen-bond acceptors (Lipinski definition) is 3. The Balaban J connectivity index is 1.85. The van der Waals surface area contributed by atoms with Gasteiger partial charge in [0.15, 0.2) is 0 Å². The molecule has 1 aromatic rings. The van der Waals surface area contributed by atoms with Crippen LogP contribution in [-0.2, 0) is 14.4 Å². The molecule has 1 spiro atoms. The highest BCUT2D eigenvalue weighted by Crippen LogP contribution is 2.46. The van der Waals surface area contributed by atoms with Gasteiger partial charge in [-0.1, -0.05) is 5.92 Å². The molecule has 1 aliphatic carbocycles. The number of amides is 1. The Hall–Kier alpha value is -2.41.